The van der Waals surface area contributed by atoms with Crippen LogP contribution in [-0.2, 0) is 0 Å². The maximum absolute atomic E-state index is 4.25. The van der Waals surface area contributed by atoms with E-state index in [9.17, 15) is 0 Å². The third kappa shape index (κ3) is 2.61. The summed E-state index contributed by atoms with van der Waals surface area (Å²) in [6.07, 6.45) is 2.89. The lowest BCUT2D eigenvalue weighted by molar-refractivity contribution is 0.748. The van der Waals surface area contributed by atoms with Gasteiger partial charge in [0.05, 0.1) is 6.04 Å². The number of nitrogens with one attached hydrogen (secondary N) is 1. The summed E-state index contributed by atoms with van der Waals surface area (Å²) < 4.78 is 0. The van der Waals surface area contributed by atoms with Crippen LogP contribution in [0, 0.1) is 6.92 Å². The molecule has 1 atom stereocenters. The van der Waals surface area contributed by atoms with Crippen molar-refractivity contribution in [3.8, 4) is 0 Å². The summed E-state index contributed by atoms with van der Waals surface area (Å²) in [4.78, 5) is 4.25. The van der Waals surface area contributed by atoms with Crippen LogP contribution in [-0.4, -0.2) is 4.98 Å². The first-order valence-corrected chi connectivity index (χ1v) is 6.40. The monoisotopic (exact) mass is 232 g/mol. The predicted octanol–water partition coefficient (Wildman–Crippen LogP) is 4.01. The van der Waals surface area contributed by atoms with Crippen molar-refractivity contribution in [2.24, 2.45) is 0 Å². The zero-order chi connectivity index (χ0) is 11.4. The van der Waals surface area contributed by atoms with E-state index >= 15 is 0 Å². The molecule has 0 spiro atoms. The zero-order valence-corrected chi connectivity index (χ0v) is 10.4. The minimum atomic E-state index is 0.353. The highest BCUT2D eigenvalue weighted by atomic mass is 32.1. The second kappa shape index (κ2) is 5.12. The molecule has 0 saturated carbocycles. The van der Waals surface area contributed by atoms with Crippen LogP contribution in [0.3, 0.4) is 0 Å². The van der Waals surface area contributed by atoms with Gasteiger partial charge in [-0.2, -0.15) is 0 Å². The molecule has 0 radical (unpaired) electrons. The van der Waals surface area contributed by atoms with E-state index in [0.717, 1.165) is 11.6 Å². The number of nitrogens with zero attached hydrogens (tertiary/aromatic N) is 1. The Morgan fingerprint density at radius 2 is 2.06 bits per heavy atom. The molecule has 1 heterocycles. The van der Waals surface area contributed by atoms with Crippen molar-refractivity contribution >= 4 is 16.5 Å². The fourth-order valence-electron chi connectivity index (χ4n) is 1.66. The summed E-state index contributed by atoms with van der Waals surface area (Å²) in [6.45, 7) is 4.30. The summed E-state index contributed by atoms with van der Waals surface area (Å²) in [5.41, 5.74) is 2.62. The smallest absolute Gasteiger partial charge is 0.183 e. The number of anilines is 1. The molecule has 1 N–H and O–H groups in total. The number of rotatable bonds is 4. The Kier molecular flexibility index (Phi) is 3.57. The van der Waals surface area contributed by atoms with Crippen LogP contribution in [0.1, 0.15) is 30.5 Å². The minimum absolute atomic E-state index is 0.353. The van der Waals surface area contributed by atoms with Crippen LogP contribution in [0.15, 0.2) is 35.8 Å². The zero-order valence-electron chi connectivity index (χ0n) is 9.60. The van der Waals surface area contributed by atoms with Crippen LogP contribution < -0.4 is 5.32 Å². The molecule has 16 heavy (non-hydrogen) atoms. The van der Waals surface area contributed by atoms with Crippen molar-refractivity contribution in [3.63, 3.8) is 0 Å². The van der Waals surface area contributed by atoms with Gasteiger partial charge in [0, 0.05) is 11.6 Å². The first-order chi connectivity index (χ1) is 7.79. The predicted molar refractivity (Wildman–Crippen MR) is 69.9 cm³/mol. The molecule has 1 aromatic heterocycles. The van der Waals surface area contributed by atoms with Crippen molar-refractivity contribution < 1.29 is 0 Å². The van der Waals surface area contributed by atoms with E-state index in [2.05, 4.69) is 48.4 Å². The van der Waals surface area contributed by atoms with Gasteiger partial charge in [0.25, 0.3) is 0 Å². The average Bonchev–Trinajstić information content (AvgIpc) is 2.80. The summed E-state index contributed by atoms with van der Waals surface area (Å²) in [5.74, 6) is 0. The molecular formula is C13H16N2S. The number of aryl methyl sites for hydroxylation is 1. The Morgan fingerprint density at radius 1 is 1.31 bits per heavy atom. The lowest BCUT2D eigenvalue weighted by Gasteiger charge is -2.16. The Labute approximate surface area is 100 Å². The summed E-state index contributed by atoms with van der Waals surface area (Å²) >= 11 is 1.64. The molecule has 0 aliphatic carbocycles. The SMILES string of the molecule is CCC(Nc1nccs1)c1ccc(C)cc1. The summed E-state index contributed by atoms with van der Waals surface area (Å²) in [7, 11) is 0. The Bertz CT molecular complexity index is 420. The average molecular weight is 232 g/mol. The number of hydrogen-bond donors (Lipinski definition) is 1. The molecule has 84 valence electrons. The molecule has 1 aromatic carbocycles. The topological polar surface area (TPSA) is 24.9 Å². The highest BCUT2D eigenvalue weighted by molar-refractivity contribution is 7.13. The summed E-state index contributed by atoms with van der Waals surface area (Å²) in [6, 6.07) is 9.03. The lowest BCUT2D eigenvalue weighted by Crippen LogP contribution is -2.09. The van der Waals surface area contributed by atoms with Crippen molar-refractivity contribution in [3.05, 3.63) is 47.0 Å². The third-order valence-electron chi connectivity index (χ3n) is 2.62. The van der Waals surface area contributed by atoms with Crippen LogP contribution in [0.25, 0.3) is 0 Å². The Morgan fingerprint density at radius 3 is 2.62 bits per heavy atom. The highest BCUT2D eigenvalue weighted by Gasteiger charge is 2.09. The molecular weight excluding hydrogens is 216 g/mol. The first-order valence-electron chi connectivity index (χ1n) is 5.52. The van der Waals surface area contributed by atoms with Gasteiger partial charge in [-0.25, -0.2) is 4.98 Å². The van der Waals surface area contributed by atoms with Crippen molar-refractivity contribution in [1.29, 1.82) is 0 Å². The molecule has 3 heteroatoms. The fraction of sp³-hybridized carbons (Fsp3) is 0.308. The van der Waals surface area contributed by atoms with Gasteiger partial charge in [0.15, 0.2) is 5.13 Å². The molecule has 0 aliphatic rings. The van der Waals surface area contributed by atoms with Gasteiger partial charge in [-0.15, -0.1) is 11.3 Å². The van der Waals surface area contributed by atoms with Crippen LogP contribution in [0.2, 0.25) is 0 Å². The molecule has 0 amide bonds. The number of thiazole rings is 1. The van der Waals surface area contributed by atoms with E-state index in [-0.39, 0.29) is 0 Å². The van der Waals surface area contributed by atoms with E-state index in [4.69, 9.17) is 0 Å². The third-order valence-corrected chi connectivity index (χ3v) is 3.32. The molecule has 2 rings (SSSR count). The Hall–Kier alpha value is -1.35. The molecule has 0 fully saturated rings. The molecule has 0 saturated heterocycles. The molecule has 1 unspecified atom stereocenters. The van der Waals surface area contributed by atoms with Gasteiger partial charge in [-0.05, 0) is 18.9 Å². The minimum Gasteiger partial charge on any atom is -0.355 e. The maximum Gasteiger partial charge on any atom is 0.183 e. The van der Waals surface area contributed by atoms with E-state index in [0.29, 0.717) is 6.04 Å². The van der Waals surface area contributed by atoms with Gasteiger partial charge >= 0.3 is 0 Å². The van der Waals surface area contributed by atoms with Gasteiger partial charge < -0.3 is 5.32 Å². The second-order valence-electron chi connectivity index (χ2n) is 3.85. The normalized spacial score (nSPS) is 12.4. The Balaban J connectivity index is 2.13. The van der Waals surface area contributed by atoms with E-state index < -0.39 is 0 Å². The van der Waals surface area contributed by atoms with Crippen molar-refractivity contribution in [2.45, 2.75) is 26.3 Å². The molecule has 0 aliphatic heterocycles. The second-order valence-corrected chi connectivity index (χ2v) is 4.75. The van der Waals surface area contributed by atoms with Crippen LogP contribution in [0.4, 0.5) is 5.13 Å². The van der Waals surface area contributed by atoms with Gasteiger partial charge in [-0.3, -0.25) is 0 Å². The van der Waals surface area contributed by atoms with Gasteiger partial charge in [0.1, 0.15) is 0 Å². The van der Waals surface area contributed by atoms with Crippen molar-refractivity contribution in [2.75, 3.05) is 5.32 Å². The summed E-state index contributed by atoms with van der Waals surface area (Å²) in [5, 5.41) is 6.44. The fourth-order valence-corrected chi connectivity index (χ4v) is 2.25. The molecule has 2 nitrogen and oxygen atoms in total. The number of aromatic nitrogens is 1. The van der Waals surface area contributed by atoms with Gasteiger partial charge in [0.2, 0.25) is 0 Å². The van der Waals surface area contributed by atoms with Gasteiger partial charge in [-0.1, -0.05) is 36.8 Å². The quantitative estimate of drug-likeness (QED) is 0.861. The lowest BCUT2D eigenvalue weighted by atomic mass is 10.0. The van der Waals surface area contributed by atoms with E-state index in [1.54, 1.807) is 11.3 Å². The van der Waals surface area contributed by atoms with E-state index in [1.807, 2.05) is 11.6 Å². The number of hydrogen-bond acceptors (Lipinski definition) is 3. The molecule has 0 bridgehead atoms. The van der Waals surface area contributed by atoms with Crippen LogP contribution >= 0.6 is 11.3 Å². The molecule has 2 aromatic rings. The van der Waals surface area contributed by atoms with Crippen molar-refractivity contribution in [1.82, 2.24) is 4.98 Å². The highest BCUT2D eigenvalue weighted by Crippen LogP contribution is 2.23. The standard InChI is InChI=1S/C13H16N2S/c1-3-12(15-13-14-8-9-16-13)11-6-4-10(2)5-7-11/h4-9,12H,3H2,1-2H3,(H,14,15). The van der Waals surface area contributed by atoms with E-state index in [1.165, 1.54) is 11.1 Å². The maximum atomic E-state index is 4.25. The van der Waals surface area contributed by atoms with Crippen LogP contribution in [0.5, 0.6) is 0 Å². The number of benzene rings is 1. The first kappa shape index (κ1) is 11.1. The largest absolute Gasteiger partial charge is 0.355 e.